The van der Waals surface area contributed by atoms with Gasteiger partial charge in [0.15, 0.2) is 0 Å². The van der Waals surface area contributed by atoms with Crippen molar-refractivity contribution in [1.29, 1.82) is 0 Å². The zero-order valence-corrected chi connectivity index (χ0v) is 55.0. The predicted octanol–water partition coefficient (Wildman–Crippen LogP) is 2.72. The quantitative estimate of drug-likeness (QED) is 0.101. The lowest BCUT2D eigenvalue weighted by atomic mass is 9.98. The van der Waals surface area contributed by atoms with Gasteiger partial charge < -0.3 is 61.3 Å². The molecule has 0 spiro atoms. The summed E-state index contributed by atoms with van der Waals surface area (Å²) in [5.41, 5.74) is 1.45. The molecule has 0 saturated carbocycles. The van der Waals surface area contributed by atoms with E-state index >= 15 is 9.59 Å². The van der Waals surface area contributed by atoms with E-state index in [2.05, 4.69) is 42.5 Å². The monoisotopic (exact) mass is 1230 g/mol. The van der Waals surface area contributed by atoms with Crippen LogP contribution in [0.15, 0.2) is 60.7 Å². The van der Waals surface area contributed by atoms with E-state index < -0.39 is 131 Å². The Hall–Kier alpha value is -6.94. The highest BCUT2D eigenvalue weighted by Crippen LogP contribution is 2.24. The molecule has 488 valence electrons. The van der Waals surface area contributed by atoms with Crippen molar-refractivity contribution in [1.82, 2.24) is 52.3 Å². The molecule has 0 bridgehead atoms. The molecular formula is C66H106N12O10+2. The standard InChI is InChI=1S/C66H104N12O10/c1-41(2)37-49-59(81)71-51(39-45-25-17-15-18-26-45)65(87)75-33-21-31-53(75)61(83)74-56(44(7)8)64(86)68-48(30-24-36-78(12,13)14)58(80)70-50(38-42(3)4)60(82)72-52(40-46-27-19-16-20-28-46)66(88)76-34-22-32-54(76)62(84)73-55(43(5)6)63(85)67-47(57(79)69-49)29-23-35-77(9,10)11/h15-20,25-28,41-44,47-56H,21-24,29-40H2,1-14H3,(H6-2,67,68,69,70,71,72,73,74,79,80,81,82,83,84,85,86)/p+2/t47-,48+,49-,50?,51+,52?,53-,54+,55-,56?/m1/s1. The first kappa shape index (κ1) is 71.8. The fourth-order valence-electron chi connectivity index (χ4n) is 11.8. The molecule has 88 heavy (non-hydrogen) atoms. The Balaban J connectivity index is 1.62. The van der Waals surface area contributed by atoms with Crippen LogP contribution in [0.25, 0.3) is 0 Å². The SMILES string of the molecule is CC(C)CC1NC(=O)[C@H](CCC[N+](C)(C)C)NC(=O)C(C(C)C)NC(=O)[C@H]2CCCN2C(=O)[C@H](Cc2ccccc2)NC(=O)[C@@H](CC(C)C)NC(=O)[C@@H](CCC[N+](C)(C)C)NC(=O)[C@@H](C(C)C)NC(=O)[C@@H]2CCCN2C(=O)C(Cc2ccccc2)NC1=O. The van der Waals surface area contributed by atoms with Crippen LogP contribution in [0.1, 0.15) is 131 Å². The van der Waals surface area contributed by atoms with Crippen molar-refractivity contribution < 1.29 is 56.9 Å². The normalized spacial score (nSPS) is 26.0. The molecule has 0 aliphatic carbocycles. The number of amides is 10. The van der Waals surface area contributed by atoms with E-state index in [9.17, 15) is 38.4 Å². The first-order valence-electron chi connectivity index (χ1n) is 32.0. The molecule has 2 aromatic carbocycles. The topological polar surface area (TPSA) is 273 Å². The molecule has 3 aliphatic heterocycles. The van der Waals surface area contributed by atoms with E-state index in [1.54, 1.807) is 27.7 Å². The van der Waals surface area contributed by atoms with Crippen LogP contribution in [0, 0.1) is 23.7 Å². The summed E-state index contributed by atoms with van der Waals surface area (Å²) < 4.78 is 1.13. The second-order valence-corrected chi connectivity index (χ2v) is 28.2. The molecule has 8 N–H and O–H groups in total. The predicted molar refractivity (Wildman–Crippen MR) is 338 cm³/mol. The lowest BCUT2D eigenvalue weighted by Crippen LogP contribution is -2.62. The summed E-state index contributed by atoms with van der Waals surface area (Å²) in [4.78, 5) is 151. The Morgan fingerprint density at radius 1 is 0.398 bits per heavy atom. The van der Waals surface area contributed by atoms with E-state index in [0.717, 1.165) is 11.1 Å². The van der Waals surface area contributed by atoms with Gasteiger partial charge in [0.2, 0.25) is 59.1 Å². The number of carbonyl (C=O) groups excluding carboxylic acids is 10. The van der Waals surface area contributed by atoms with E-state index in [-0.39, 0.29) is 76.3 Å². The first-order chi connectivity index (χ1) is 41.3. The zero-order valence-electron chi connectivity index (χ0n) is 55.0. The van der Waals surface area contributed by atoms with Crippen molar-refractivity contribution >= 4 is 59.1 Å². The van der Waals surface area contributed by atoms with Gasteiger partial charge in [0.1, 0.15) is 60.4 Å². The molecular weight excluding hydrogens is 1120 g/mol. The maximum Gasteiger partial charge on any atom is 0.246 e. The summed E-state index contributed by atoms with van der Waals surface area (Å²) in [7, 11) is 12.0. The summed E-state index contributed by atoms with van der Waals surface area (Å²) in [6.45, 7) is 16.2. The summed E-state index contributed by atoms with van der Waals surface area (Å²) in [6.07, 6.45) is 3.14. The van der Waals surface area contributed by atoms with Crippen LogP contribution in [-0.2, 0) is 60.8 Å². The Kier molecular flexibility index (Phi) is 27.0. The third-order valence-corrected chi connectivity index (χ3v) is 16.6. The lowest BCUT2D eigenvalue weighted by molar-refractivity contribution is -0.870. The fourth-order valence-corrected chi connectivity index (χ4v) is 11.8. The molecule has 2 aromatic rings. The number of hydrogen-bond donors (Lipinski definition) is 8. The van der Waals surface area contributed by atoms with Gasteiger partial charge in [0.05, 0.1) is 55.4 Å². The second kappa shape index (κ2) is 33.0. The largest absolute Gasteiger partial charge is 0.343 e. The van der Waals surface area contributed by atoms with Gasteiger partial charge in [0, 0.05) is 25.9 Å². The van der Waals surface area contributed by atoms with Crippen molar-refractivity contribution in [2.45, 2.75) is 193 Å². The summed E-state index contributed by atoms with van der Waals surface area (Å²) in [5.74, 6) is -7.38. The smallest absolute Gasteiger partial charge is 0.246 e. The van der Waals surface area contributed by atoms with Gasteiger partial charge in [0.25, 0.3) is 0 Å². The van der Waals surface area contributed by atoms with Gasteiger partial charge in [-0.1, -0.05) is 116 Å². The number of fused-ring (bicyclic) bond motifs is 2. The van der Waals surface area contributed by atoms with Crippen molar-refractivity contribution in [2.24, 2.45) is 23.7 Å². The van der Waals surface area contributed by atoms with Gasteiger partial charge in [-0.05, 0) is 99.0 Å². The number of hydrogen-bond acceptors (Lipinski definition) is 10. The van der Waals surface area contributed by atoms with Crippen LogP contribution in [0.4, 0.5) is 0 Å². The lowest BCUT2D eigenvalue weighted by Gasteiger charge is -2.33. The van der Waals surface area contributed by atoms with E-state index in [1.807, 2.05) is 131 Å². The molecule has 10 amide bonds. The Labute approximate surface area is 523 Å². The maximum absolute atomic E-state index is 15.1. The van der Waals surface area contributed by atoms with Crippen LogP contribution in [0.2, 0.25) is 0 Å². The minimum atomic E-state index is -1.21. The van der Waals surface area contributed by atoms with Crippen LogP contribution in [0.3, 0.4) is 0 Å². The highest BCUT2D eigenvalue weighted by atomic mass is 16.2. The van der Waals surface area contributed by atoms with Crippen LogP contribution in [-0.4, -0.2) is 207 Å². The van der Waals surface area contributed by atoms with Crippen molar-refractivity contribution in [3.8, 4) is 0 Å². The molecule has 3 saturated heterocycles. The van der Waals surface area contributed by atoms with Gasteiger partial charge >= 0.3 is 0 Å². The Bertz CT molecular complexity index is 2510. The third-order valence-electron chi connectivity index (χ3n) is 16.6. The number of quaternary nitrogens is 2. The first-order valence-corrected chi connectivity index (χ1v) is 32.0. The average molecular weight is 1230 g/mol. The van der Waals surface area contributed by atoms with E-state index in [1.165, 1.54) is 9.80 Å². The highest BCUT2D eigenvalue weighted by Gasteiger charge is 2.43. The Morgan fingerprint density at radius 2 is 0.705 bits per heavy atom. The average Bonchev–Trinajstić information content (AvgIpc) is 4.06. The number of nitrogens with one attached hydrogen (secondary N) is 8. The van der Waals surface area contributed by atoms with Crippen LogP contribution >= 0.6 is 0 Å². The molecule has 3 fully saturated rings. The van der Waals surface area contributed by atoms with Gasteiger partial charge in [-0.25, -0.2) is 0 Å². The summed E-state index contributed by atoms with van der Waals surface area (Å²) in [6, 6.07) is 6.70. The number of rotatable bonds is 18. The third kappa shape index (κ3) is 22.3. The maximum atomic E-state index is 15.1. The van der Waals surface area contributed by atoms with E-state index in [4.69, 9.17) is 0 Å². The number of carbonyl (C=O) groups is 10. The van der Waals surface area contributed by atoms with Crippen molar-refractivity contribution in [3.63, 3.8) is 0 Å². The molecule has 22 heteroatoms. The summed E-state index contributed by atoms with van der Waals surface area (Å²) in [5, 5.41) is 23.5. The molecule has 3 aliphatic rings. The Morgan fingerprint density at radius 3 is 1.01 bits per heavy atom. The molecule has 5 rings (SSSR count). The zero-order chi connectivity index (χ0) is 65.2. The fraction of sp³-hybridized carbons (Fsp3) is 0.667. The molecule has 3 heterocycles. The number of benzene rings is 2. The molecule has 0 radical (unpaired) electrons. The summed E-state index contributed by atoms with van der Waals surface area (Å²) >= 11 is 0. The molecule has 3 unspecified atom stereocenters. The molecule has 10 atom stereocenters. The van der Waals surface area contributed by atoms with Crippen LogP contribution in [0.5, 0.6) is 0 Å². The van der Waals surface area contributed by atoms with Gasteiger partial charge in [-0.3, -0.25) is 47.9 Å². The molecule has 0 aromatic heterocycles. The van der Waals surface area contributed by atoms with Crippen molar-refractivity contribution in [3.05, 3.63) is 71.8 Å². The van der Waals surface area contributed by atoms with E-state index in [0.29, 0.717) is 47.7 Å². The number of nitrogens with zero attached hydrogens (tertiary/aromatic N) is 4. The van der Waals surface area contributed by atoms with Gasteiger partial charge in [-0.15, -0.1) is 0 Å². The molecule has 22 nitrogen and oxygen atoms in total. The van der Waals surface area contributed by atoms with Gasteiger partial charge in [-0.2, -0.15) is 0 Å². The van der Waals surface area contributed by atoms with Crippen LogP contribution < -0.4 is 42.5 Å². The minimum Gasteiger partial charge on any atom is -0.343 e. The second-order valence-electron chi connectivity index (χ2n) is 28.2. The highest BCUT2D eigenvalue weighted by molar-refractivity contribution is 6.00. The minimum absolute atomic E-state index is 0.0416. The van der Waals surface area contributed by atoms with Crippen molar-refractivity contribution in [2.75, 3.05) is 68.5 Å².